The Labute approximate surface area is 180 Å². The van der Waals surface area contributed by atoms with Crippen LogP contribution in [0, 0.1) is 5.92 Å². The minimum absolute atomic E-state index is 0.136. The van der Waals surface area contributed by atoms with Gasteiger partial charge in [0.25, 0.3) is 5.91 Å². The molecule has 0 aromatic heterocycles. The summed E-state index contributed by atoms with van der Waals surface area (Å²) in [6.45, 7) is 2.06. The number of fused-ring (bicyclic) bond motifs is 1. The Morgan fingerprint density at radius 2 is 1.52 bits per heavy atom. The number of imide groups is 1. The van der Waals surface area contributed by atoms with Gasteiger partial charge in [0, 0.05) is 0 Å². The number of rotatable bonds is 4. The summed E-state index contributed by atoms with van der Waals surface area (Å²) in [5, 5.41) is 11.4. The normalized spacial score (nSPS) is 22.8. The second-order valence-electron chi connectivity index (χ2n) is 7.78. The Balaban J connectivity index is 1.56. The number of phenols is 1. The maximum Gasteiger partial charge on any atom is 0.266 e. The van der Waals surface area contributed by atoms with E-state index in [-0.39, 0.29) is 17.6 Å². The smallest absolute Gasteiger partial charge is 0.266 e. The zero-order valence-electron chi connectivity index (χ0n) is 17.0. The van der Waals surface area contributed by atoms with Gasteiger partial charge in [0.05, 0.1) is 17.4 Å². The van der Waals surface area contributed by atoms with Crippen molar-refractivity contribution in [1.82, 2.24) is 0 Å². The van der Waals surface area contributed by atoms with Crippen molar-refractivity contribution in [2.75, 3.05) is 9.96 Å². The molecule has 0 bridgehead atoms. The van der Waals surface area contributed by atoms with Crippen molar-refractivity contribution in [3.63, 3.8) is 0 Å². The van der Waals surface area contributed by atoms with Crippen molar-refractivity contribution in [3.05, 3.63) is 90.0 Å². The summed E-state index contributed by atoms with van der Waals surface area (Å²) in [5.74, 6) is -1.20. The van der Waals surface area contributed by atoms with Gasteiger partial charge in [-0.1, -0.05) is 49.4 Å². The van der Waals surface area contributed by atoms with Crippen LogP contribution in [0.5, 0.6) is 5.75 Å². The van der Waals surface area contributed by atoms with Gasteiger partial charge in [-0.15, -0.1) is 0 Å². The summed E-state index contributed by atoms with van der Waals surface area (Å²) in [7, 11) is 0. The molecule has 156 valence electrons. The van der Waals surface area contributed by atoms with E-state index >= 15 is 0 Å². The number of hydrogen-bond acceptors (Lipinski definition) is 5. The molecular formula is C25H22N2O4. The molecule has 6 nitrogen and oxygen atoms in total. The molecule has 3 aromatic carbocycles. The molecule has 0 unspecified atom stereocenters. The van der Waals surface area contributed by atoms with Gasteiger partial charge >= 0.3 is 0 Å². The number of anilines is 2. The number of carbonyl (C=O) groups is 2. The van der Waals surface area contributed by atoms with Crippen LogP contribution in [-0.2, 0) is 20.8 Å². The van der Waals surface area contributed by atoms with E-state index in [0.717, 1.165) is 23.2 Å². The van der Waals surface area contributed by atoms with Crippen LogP contribution in [0.4, 0.5) is 11.4 Å². The van der Waals surface area contributed by atoms with E-state index in [4.69, 9.17) is 4.84 Å². The van der Waals surface area contributed by atoms with Crippen LogP contribution in [0.2, 0.25) is 0 Å². The molecule has 0 radical (unpaired) electrons. The van der Waals surface area contributed by atoms with Crippen LogP contribution in [0.25, 0.3) is 0 Å². The van der Waals surface area contributed by atoms with Gasteiger partial charge < -0.3 is 5.11 Å². The van der Waals surface area contributed by atoms with E-state index in [0.29, 0.717) is 5.69 Å². The monoisotopic (exact) mass is 414 g/mol. The number of aryl methyl sites for hydroxylation is 1. The molecule has 2 saturated heterocycles. The lowest BCUT2D eigenvalue weighted by atomic mass is 9.90. The third-order valence-corrected chi connectivity index (χ3v) is 5.96. The summed E-state index contributed by atoms with van der Waals surface area (Å²) >= 11 is 0. The number of hydroxylamine groups is 1. The van der Waals surface area contributed by atoms with E-state index in [1.807, 2.05) is 42.5 Å². The largest absolute Gasteiger partial charge is 0.508 e. The first-order chi connectivity index (χ1) is 15.1. The topological polar surface area (TPSA) is 70.1 Å². The molecular weight excluding hydrogens is 392 g/mol. The molecule has 0 spiro atoms. The molecule has 3 aromatic rings. The van der Waals surface area contributed by atoms with Crippen molar-refractivity contribution >= 4 is 23.2 Å². The lowest BCUT2D eigenvalue weighted by Crippen LogP contribution is -2.37. The predicted molar refractivity (Wildman–Crippen MR) is 116 cm³/mol. The van der Waals surface area contributed by atoms with Crippen LogP contribution in [0.3, 0.4) is 0 Å². The first kappa shape index (κ1) is 19.3. The van der Waals surface area contributed by atoms with Gasteiger partial charge in [-0.25, -0.2) is 9.96 Å². The molecule has 1 N–H and O–H groups in total. The van der Waals surface area contributed by atoms with Crippen molar-refractivity contribution in [2.24, 2.45) is 5.92 Å². The van der Waals surface area contributed by atoms with Crippen LogP contribution in [0.15, 0.2) is 78.9 Å². The highest BCUT2D eigenvalue weighted by Gasteiger charge is 2.60. The fraction of sp³-hybridized carbons (Fsp3) is 0.200. The van der Waals surface area contributed by atoms with Gasteiger partial charge in [0.1, 0.15) is 11.7 Å². The highest BCUT2D eigenvalue weighted by atomic mass is 16.7. The molecule has 2 aliphatic rings. The molecule has 6 heteroatoms. The maximum atomic E-state index is 13.5. The van der Waals surface area contributed by atoms with E-state index in [9.17, 15) is 14.7 Å². The molecule has 5 rings (SSSR count). The molecule has 31 heavy (non-hydrogen) atoms. The van der Waals surface area contributed by atoms with E-state index in [1.54, 1.807) is 41.5 Å². The third-order valence-electron chi connectivity index (χ3n) is 5.96. The molecule has 2 fully saturated rings. The highest BCUT2D eigenvalue weighted by molar-refractivity contribution is 6.23. The van der Waals surface area contributed by atoms with Crippen molar-refractivity contribution < 1.29 is 19.5 Å². The fourth-order valence-electron chi connectivity index (χ4n) is 4.36. The SMILES string of the molecule is CCc1ccc(N2C(=O)[C@@H]3[C@@H](ON(c4ccccc4)[C@H]3c3ccc(O)cc3)C2=O)cc1. The zero-order chi connectivity index (χ0) is 21.5. The standard InChI is InChI=1S/C25H22N2O4/c1-2-16-8-12-18(13-9-16)26-24(29)21-22(17-10-14-20(28)15-11-17)27(31-23(21)25(26)30)19-6-4-3-5-7-19/h3-15,21-23,28H,2H2,1H3/t21-,22-,23+/m0/s1. The van der Waals surface area contributed by atoms with Gasteiger partial charge in [-0.3, -0.25) is 14.4 Å². The first-order valence-corrected chi connectivity index (χ1v) is 10.3. The Morgan fingerprint density at radius 1 is 0.839 bits per heavy atom. The lowest BCUT2D eigenvalue weighted by molar-refractivity contribution is -0.126. The maximum absolute atomic E-state index is 13.5. The van der Waals surface area contributed by atoms with E-state index < -0.39 is 18.1 Å². The van der Waals surface area contributed by atoms with Gasteiger partial charge in [0.2, 0.25) is 5.91 Å². The number of phenolic OH excluding ortho intramolecular Hbond substituents is 1. The molecule has 0 aliphatic carbocycles. The molecule has 0 saturated carbocycles. The number of nitrogens with zero attached hydrogens (tertiary/aromatic N) is 2. The van der Waals surface area contributed by atoms with Crippen LogP contribution in [-0.4, -0.2) is 23.0 Å². The quantitative estimate of drug-likeness (QED) is 0.654. The summed E-state index contributed by atoms with van der Waals surface area (Å²) in [6, 6.07) is 23.1. The van der Waals surface area contributed by atoms with Crippen LogP contribution < -0.4 is 9.96 Å². The van der Waals surface area contributed by atoms with Gasteiger partial charge in [-0.2, -0.15) is 0 Å². The predicted octanol–water partition coefficient (Wildman–Crippen LogP) is 4.01. The van der Waals surface area contributed by atoms with E-state index in [1.165, 1.54) is 4.90 Å². The minimum Gasteiger partial charge on any atom is -0.508 e. The van der Waals surface area contributed by atoms with Crippen molar-refractivity contribution in [3.8, 4) is 5.75 Å². The first-order valence-electron chi connectivity index (χ1n) is 10.3. The Kier molecular flexibility index (Phi) is 4.71. The average Bonchev–Trinajstić information content (AvgIpc) is 3.31. The third kappa shape index (κ3) is 3.16. The molecule has 2 amide bonds. The van der Waals surface area contributed by atoms with Crippen LogP contribution in [0.1, 0.15) is 24.1 Å². The summed E-state index contributed by atoms with van der Waals surface area (Å²) in [4.78, 5) is 34.1. The Morgan fingerprint density at radius 3 is 2.16 bits per heavy atom. The van der Waals surface area contributed by atoms with Gasteiger partial charge in [-0.05, 0) is 53.9 Å². The lowest BCUT2D eigenvalue weighted by Gasteiger charge is -2.28. The Bertz CT molecular complexity index is 1110. The zero-order valence-corrected chi connectivity index (χ0v) is 17.0. The van der Waals surface area contributed by atoms with Crippen molar-refractivity contribution in [2.45, 2.75) is 25.5 Å². The minimum atomic E-state index is -0.905. The van der Waals surface area contributed by atoms with Crippen LogP contribution >= 0.6 is 0 Å². The molecule has 2 heterocycles. The second-order valence-corrected chi connectivity index (χ2v) is 7.78. The number of aromatic hydroxyl groups is 1. The Hall–Kier alpha value is -3.64. The summed E-state index contributed by atoms with van der Waals surface area (Å²) in [6.07, 6.45) is -0.0248. The number of carbonyl (C=O) groups excluding carboxylic acids is 2. The summed E-state index contributed by atoms with van der Waals surface area (Å²) in [5.41, 5.74) is 3.24. The summed E-state index contributed by atoms with van der Waals surface area (Å²) < 4.78 is 0. The fourth-order valence-corrected chi connectivity index (χ4v) is 4.36. The number of para-hydroxylation sites is 1. The van der Waals surface area contributed by atoms with E-state index in [2.05, 4.69) is 6.92 Å². The number of benzene rings is 3. The molecule has 2 aliphatic heterocycles. The average molecular weight is 414 g/mol. The molecule has 3 atom stereocenters. The highest BCUT2D eigenvalue weighted by Crippen LogP contribution is 2.47. The van der Waals surface area contributed by atoms with Gasteiger partial charge in [0.15, 0.2) is 6.10 Å². The van der Waals surface area contributed by atoms with Crippen molar-refractivity contribution in [1.29, 1.82) is 0 Å². The number of hydrogen-bond donors (Lipinski definition) is 1. The number of amides is 2. The second kappa shape index (κ2) is 7.56.